The van der Waals surface area contributed by atoms with Gasteiger partial charge in [-0.05, 0) is 58.3 Å². The Morgan fingerprint density at radius 3 is 2.83 bits per heavy atom. The molecule has 2 fully saturated rings. The maximum atomic E-state index is 12.2. The Bertz CT molecular complexity index is 276. The minimum atomic E-state index is 0.201. The van der Waals surface area contributed by atoms with Gasteiger partial charge in [0.2, 0.25) is 5.91 Å². The van der Waals surface area contributed by atoms with Crippen molar-refractivity contribution in [3.63, 3.8) is 0 Å². The number of nitrogens with one attached hydrogen (secondary N) is 2. The lowest BCUT2D eigenvalue weighted by Gasteiger charge is -2.30. The summed E-state index contributed by atoms with van der Waals surface area (Å²) in [6.07, 6.45) is 3.60. The van der Waals surface area contributed by atoms with Crippen molar-refractivity contribution in [2.45, 2.75) is 39.2 Å². The molecule has 104 valence electrons. The number of piperidine rings is 1. The summed E-state index contributed by atoms with van der Waals surface area (Å²) in [6, 6.07) is 0.276. The molecule has 3 atom stereocenters. The molecule has 0 radical (unpaired) electrons. The fourth-order valence-corrected chi connectivity index (χ4v) is 3.15. The van der Waals surface area contributed by atoms with Crippen molar-refractivity contribution < 1.29 is 4.79 Å². The van der Waals surface area contributed by atoms with Gasteiger partial charge in [0.25, 0.3) is 0 Å². The monoisotopic (exact) mass is 253 g/mol. The summed E-state index contributed by atoms with van der Waals surface area (Å²) in [5, 5.41) is 6.54. The predicted molar refractivity (Wildman–Crippen MR) is 73.4 cm³/mol. The molecule has 0 saturated carbocycles. The Balaban J connectivity index is 1.75. The van der Waals surface area contributed by atoms with Crippen LogP contribution in [0.15, 0.2) is 0 Å². The lowest BCUT2D eigenvalue weighted by molar-refractivity contribution is -0.127. The van der Waals surface area contributed by atoms with Gasteiger partial charge in [-0.2, -0.15) is 0 Å². The Hall–Kier alpha value is -0.610. The zero-order chi connectivity index (χ0) is 13.0. The quantitative estimate of drug-likeness (QED) is 0.780. The average molecular weight is 253 g/mol. The van der Waals surface area contributed by atoms with Gasteiger partial charge in [-0.25, -0.2) is 0 Å². The molecule has 2 saturated heterocycles. The van der Waals surface area contributed by atoms with Crippen molar-refractivity contribution in [1.82, 2.24) is 15.5 Å². The molecule has 4 heteroatoms. The molecule has 0 aromatic rings. The third kappa shape index (κ3) is 3.69. The molecule has 2 rings (SSSR count). The molecule has 0 spiro atoms. The molecule has 4 nitrogen and oxygen atoms in total. The van der Waals surface area contributed by atoms with Crippen LogP contribution in [0, 0.1) is 11.8 Å². The zero-order valence-corrected chi connectivity index (χ0v) is 11.7. The second-order valence-electron chi connectivity index (χ2n) is 5.99. The van der Waals surface area contributed by atoms with Crippen LogP contribution in [0.3, 0.4) is 0 Å². The van der Waals surface area contributed by atoms with Crippen LogP contribution in [-0.4, -0.2) is 49.6 Å². The zero-order valence-electron chi connectivity index (χ0n) is 11.7. The maximum Gasteiger partial charge on any atom is 0.223 e. The number of carbonyl (C=O) groups excluding carboxylic acids is 1. The minimum absolute atomic E-state index is 0.201. The van der Waals surface area contributed by atoms with Gasteiger partial charge in [0.15, 0.2) is 0 Å². The molecule has 18 heavy (non-hydrogen) atoms. The van der Waals surface area contributed by atoms with E-state index in [-0.39, 0.29) is 17.9 Å². The summed E-state index contributed by atoms with van der Waals surface area (Å²) >= 11 is 0. The molecule has 1 amide bonds. The van der Waals surface area contributed by atoms with Gasteiger partial charge in [0, 0.05) is 18.5 Å². The molecule has 2 heterocycles. The third-order valence-electron chi connectivity index (χ3n) is 4.24. The van der Waals surface area contributed by atoms with Crippen LogP contribution in [0.2, 0.25) is 0 Å². The summed E-state index contributed by atoms with van der Waals surface area (Å²) in [7, 11) is 0. The molecule has 0 aliphatic carbocycles. The molecule has 0 aromatic heterocycles. The summed E-state index contributed by atoms with van der Waals surface area (Å²) in [5.41, 5.74) is 0. The fourth-order valence-electron chi connectivity index (χ4n) is 3.15. The van der Waals surface area contributed by atoms with Gasteiger partial charge < -0.3 is 15.5 Å². The highest BCUT2D eigenvalue weighted by Gasteiger charge is 2.28. The standard InChI is InChI=1S/C14H27N3O/c1-11-9-15-6-5-13(11)14(18)16-12(2)10-17-7-3-4-8-17/h11-13,15H,3-10H2,1-2H3,(H,16,18). The van der Waals surface area contributed by atoms with E-state index < -0.39 is 0 Å². The lowest BCUT2D eigenvalue weighted by Crippen LogP contribution is -2.48. The molecule has 2 N–H and O–H groups in total. The number of amides is 1. The highest BCUT2D eigenvalue weighted by atomic mass is 16.2. The first kappa shape index (κ1) is 13.8. The van der Waals surface area contributed by atoms with E-state index in [1.165, 1.54) is 25.9 Å². The normalized spacial score (nSPS) is 31.2. The average Bonchev–Trinajstić information content (AvgIpc) is 2.82. The second kappa shape index (κ2) is 6.53. The highest BCUT2D eigenvalue weighted by Crippen LogP contribution is 2.19. The molecule has 2 aliphatic rings. The minimum Gasteiger partial charge on any atom is -0.352 e. The van der Waals surface area contributed by atoms with Gasteiger partial charge in [0.05, 0.1) is 0 Å². The van der Waals surface area contributed by atoms with Crippen LogP contribution < -0.4 is 10.6 Å². The topological polar surface area (TPSA) is 44.4 Å². The maximum absolute atomic E-state index is 12.2. The van der Waals surface area contributed by atoms with Crippen molar-refractivity contribution >= 4 is 5.91 Å². The van der Waals surface area contributed by atoms with Gasteiger partial charge in [-0.1, -0.05) is 6.92 Å². The second-order valence-corrected chi connectivity index (χ2v) is 5.99. The molecule has 0 bridgehead atoms. The molecule has 3 unspecified atom stereocenters. The first-order valence-electron chi connectivity index (χ1n) is 7.40. The van der Waals surface area contributed by atoms with Gasteiger partial charge in [-0.3, -0.25) is 4.79 Å². The van der Waals surface area contributed by atoms with Gasteiger partial charge >= 0.3 is 0 Å². The summed E-state index contributed by atoms with van der Waals surface area (Å²) < 4.78 is 0. The lowest BCUT2D eigenvalue weighted by atomic mass is 9.87. The SMILES string of the molecule is CC(CN1CCCC1)NC(=O)C1CCNCC1C. The van der Waals surface area contributed by atoms with Crippen LogP contribution in [0.25, 0.3) is 0 Å². The first-order chi connectivity index (χ1) is 8.66. The van der Waals surface area contributed by atoms with Gasteiger partial charge in [-0.15, -0.1) is 0 Å². The Morgan fingerprint density at radius 1 is 1.44 bits per heavy atom. The fraction of sp³-hybridized carbons (Fsp3) is 0.929. The van der Waals surface area contributed by atoms with E-state index >= 15 is 0 Å². The van der Waals surface area contributed by atoms with Gasteiger partial charge in [0.1, 0.15) is 0 Å². The molecule has 2 aliphatic heterocycles. The summed E-state index contributed by atoms with van der Waals surface area (Å²) in [6.45, 7) is 9.64. The van der Waals surface area contributed by atoms with E-state index in [1.54, 1.807) is 0 Å². The van der Waals surface area contributed by atoms with Crippen molar-refractivity contribution in [1.29, 1.82) is 0 Å². The van der Waals surface area contributed by atoms with E-state index in [1.807, 2.05) is 0 Å². The first-order valence-corrected chi connectivity index (χ1v) is 7.40. The predicted octanol–water partition coefficient (Wildman–Crippen LogP) is 0.833. The van der Waals surface area contributed by atoms with Crippen molar-refractivity contribution in [3.8, 4) is 0 Å². The van der Waals surface area contributed by atoms with E-state index in [9.17, 15) is 4.79 Å². The summed E-state index contributed by atoms with van der Waals surface area (Å²) in [5.74, 6) is 0.917. The number of hydrogen-bond donors (Lipinski definition) is 2. The molecule has 0 aromatic carbocycles. The van der Waals surface area contributed by atoms with E-state index in [2.05, 4.69) is 29.4 Å². The van der Waals surface area contributed by atoms with Crippen molar-refractivity contribution in [2.75, 3.05) is 32.7 Å². The Labute approximate surface area is 110 Å². The Morgan fingerprint density at radius 2 is 2.17 bits per heavy atom. The van der Waals surface area contributed by atoms with E-state index in [4.69, 9.17) is 0 Å². The van der Waals surface area contributed by atoms with Crippen molar-refractivity contribution in [3.05, 3.63) is 0 Å². The number of carbonyl (C=O) groups is 1. The molecular weight excluding hydrogens is 226 g/mol. The smallest absolute Gasteiger partial charge is 0.223 e. The number of nitrogens with zero attached hydrogens (tertiary/aromatic N) is 1. The van der Waals surface area contributed by atoms with Crippen LogP contribution in [0.1, 0.15) is 33.1 Å². The van der Waals surface area contributed by atoms with Crippen LogP contribution in [0.5, 0.6) is 0 Å². The van der Waals surface area contributed by atoms with Crippen molar-refractivity contribution in [2.24, 2.45) is 11.8 Å². The number of hydrogen-bond acceptors (Lipinski definition) is 3. The number of rotatable bonds is 4. The van der Waals surface area contributed by atoms with E-state index in [0.29, 0.717) is 5.92 Å². The van der Waals surface area contributed by atoms with Crippen LogP contribution in [0.4, 0.5) is 0 Å². The third-order valence-corrected chi connectivity index (χ3v) is 4.24. The Kier molecular flexibility index (Phi) is 5.01. The summed E-state index contributed by atoms with van der Waals surface area (Å²) in [4.78, 5) is 14.7. The number of likely N-dealkylation sites (tertiary alicyclic amines) is 1. The molecular formula is C14H27N3O. The highest BCUT2D eigenvalue weighted by molar-refractivity contribution is 5.79. The van der Waals surface area contributed by atoms with Crippen LogP contribution in [-0.2, 0) is 4.79 Å². The van der Waals surface area contributed by atoms with Crippen LogP contribution >= 0.6 is 0 Å². The van der Waals surface area contributed by atoms with E-state index in [0.717, 1.165) is 26.1 Å². The largest absolute Gasteiger partial charge is 0.352 e.